The number of piperidine rings is 1. The van der Waals surface area contributed by atoms with Crippen molar-refractivity contribution in [1.29, 1.82) is 0 Å². The lowest BCUT2D eigenvalue weighted by atomic mass is 9.87. The molecule has 1 aromatic carbocycles. The third kappa shape index (κ3) is 4.42. The van der Waals surface area contributed by atoms with E-state index >= 15 is 0 Å². The monoisotopic (exact) mass is 421 g/mol. The van der Waals surface area contributed by atoms with Gasteiger partial charge in [0.05, 0.1) is 18.4 Å². The molecule has 1 N–H and O–H groups in total. The maximum atomic E-state index is 14.6. The number of H-pyrrole nitrogens is 1. The van der Waals surface area contributed by atoms with Gasteiger partial charge in [-0.15, -0.1) is 0 Å². The lowest BCUT2D eigenvalue weighted by molar-refractivity contribution is -0.120. The Morgan fingerprint density at radius 3 is 2.68 bits per heavy atom. The summed E-state index contributed by atoms with van der Waals surface area (Å²) in [5.74, 6) is 0.776. The molecule has 164 valence electrons. The number of nitrogens with one attached hydrogen (secondary N) is 1. The van der Waals surface area contributed by atoms with Gasteiger partial charge in [-0.3, -0.25) is 14.7 Å². The van der Waals surface area contributed by atoms with Crippen LogP contribution in [0.25, 0.3) is 22.2 Å². The van der Waals surface area contributed by atoms with Crippen LogP contribution < -0.4 is 0 Å². The first-order chi connectivity index (χ1) is 14.9. The van der Waals surface area contributed by atoms with Crippen molar-refractivity contribution < 1.29 is 9.18 Å². The van der Waals surface area contributed by atoms with E-state index in [0.29, 0.717) is 30.2 Å². The van der Waals surface area contributed by atoms with Gasteiger partial charge < -0.3 is 4.98 Å². The lowest BCUT2D eigenvalue weighted by Crippen LogP contribution is -2.36. The summed E-state index contributed by atoms with van der Waals surface area (Å²) in [6.07, 6.45) is 4.05. The molecule has 2 aromatic heterocycles. The fourth-order valence-corrected chi connectivity index (χ4v) is 4.82. The number of carbonyl (C=O) groups is 1. The molecule has 0 aliphatic carbocycles. The SMILES string of the molecule is CCC(=O)CN1CCC(c2ccc3[nH]c(-c4cc(C)ncc4F)c(C(C)C)c3c2)CC1. The van der Waals surface area contributed by atoms with Crippen molar-refractivity contribution in [3.8, 4) is 11.3 Å². The maximum Gasteiger partial charge on any atom is 0.150 e. The first kappa shape index (κ1) is 21.7. The van der Waals surface area contributed by atoms with Gasteiger partial charge in [-0.2, -0.15) is 0 Å². The first-order valence-electron chi connectivity index (χ1n) is 11.4. The molecule has 0 amide bonds. The van der Waals surface area contributed by atoms with Crippen molar-refractivity contribution >= 4 is 16.7 Å². The Hall–Kier alpha value is -2.53. The van der Waals surface area contributed by atoms with E-state index in [9.17, 15) is 9.18 Å². The Bertz CT molecular complexity index is 1090. The number of pyridine rings is 1. The van der Waals surface area contributed by atoms with Crippen molar-refractivity contribution in [3.05, 3.63) is 53.1 Å². The van der Waals surface area contributed by atoms with Gasteiger partial charge in [0, 0.05) is 28.6 Å². The average Bonchev–Trinajstić information content (AvgIpc) is 3.14. The first-order valence-corrected chi connectivity index (χ1v) is 11.4. The number of nitrogens with zero attached hydrogens (tertiary/aromatic N) is 2. The topological polar surface area (TPSA) is 49.0 Å². The third-order valence-electron chi connectivity index (χ3n) is 6.55. The fourth-order valence-electron chi connectivity index (χ4n) is 4.82. The quantitative estimate of drug-likeness (QED) is 0.534. The minimum Gasteiger partial charge on any atom is -0.354 e. The van der Waals surface area contributed by atoms with E-state index in [0.717, 1.165) is 48.4 Å². The van der Waals surface area contributed by atoms with Crippen molar-refractivity contribution in [3.63, 3.8) is 0 Å². The molecule has 1 fully saturated rings. The molecule has 0 radical (unpaired) electrons. The molecule has 1 aliphatic rings. The van der Waals surface area contributed by atoms with Crippen LogP contribution in [0.4, 0.5) is 4.39 Å². The highest BCUT2D eigenvalue weighted by Crippen LogP contribution is 2.39. The molecular weight excluding hydrogens is 389 g/mol. The summed E-state index contributed by atoms with van der Waals surface area (Å²) in [6, 6.07) is 8.46. The van der Waals surface area contributed by atoms with Crippen LogP contribution in [-0.2, 0) is 4.79 Å². The maximum absolute atomic E-state index is 14.6. The van der Waals surface area contributed by atoms with Crippen molar-refractivity contribution in [2.75, 3.05) is 19.6 Å². The van der Waals surface area contributed by atoms with Gasteiger partial charge in [-0.25, -0.2) is 4.39 Å². The molecule has 31 heavy (non-hydrogen) atoms. The van der Waals surface area contributed by atoms with Gasteiger partial charge in [0.2, 0.25) is 0 Å². The van der Waals surface area contributed by atoms with Crippen LogP contribution in [0.3, 0.4) is 0 Å². The summed E-state index contributed by atoms with van der Waals surface area (Å²) in [6.45, 7) is 10.6. The highest BCUT2D eigenvalue weighted by molar-refractivity contribution is 5.92. The molecule has 3 aromatic rings. The number of ketones is 1. The zero-order chi connectivity index (χ0) is 22.1. The number of hydrogen-bond donors (Lipinski definition) is 1. The number of rotatable bonds is 6. The van der Waals surface area contributed by atoms with E-state index in [1.54, 1.807) is 0 Å². The van der Waals surface area contributed by atoms with Gasteiger partial charge in [0.15, 0.2) is 5.82 Å². The minimum atomic E-state index is -0.298. The van der Waals surface area contributed by atoms with Gasteiger partial charge >= 0.3 is 0 Å². The van der Waals surface area contributed by atoms with Gasteiger partial charge in [-0.1, -0.05) is 26.8 Å². The second-order valence-electron chi connectivity index (χ2n) is 9.12. The number of benzene rings is 1. The summed E-state index contributed by atoms with van der Waals surface area (Å²) in [5, 5.41) is 1.18. The highest BCUT2D eigenvalue weighted by atomic mass is 19.1. The summed E-state index contributed by atoms with van der Waals surface area (Å²) >= 11 is 0. The van der Waals surface area contributed by atoms with Crippen molar-refractivity contribution in [2.45, 2.75) is 58.8 Å². The molecule has 4 rings (SSSR count). The molecule has 4 nitrogen and oxygen atoms in total. The zero-order valence-electron chi connectivity index (χ0n) is 19.0. The summed E-state index contributed by atoms with van der Waals surface area (Å²) in [5.41, 5.74) is 5.79. The summed E-state index contributed by atoms with van der Waals surface area (Å²) in [4.78, 5) is 21.6. The second kappa shape index (κ2) is 8.91. The van der Waals surface area contributed by atoms with E-state index in [1.165, 1.54) is 17.1 Å². The van der Waals surface area contributed by atoms with Crippen LogP contribution in [0, 0.1) is 12.7 Å². The molecule has 0 unspecified atom stereocenters. The second-order valence-corrected chi connectivity index (χ2v) is 9.12. The van der Waals surface area contributed by atoms with Crippen molar-refractivity contribution in [1.82, 2.24) is 14.9 Å². The van der Waals surface area contributed by atoms with E-state index in [-0.39, 0.29) is 11.7 Å². The number of fused-ring (bicyclic) bond motifs is 1. The molecule has 1 aliphatic heterocycles. The highest BCUT2D eigenvalue weighted by Gasteiger charge is 2.24. The van der Waals surface area contributed by atoms with Crippen LogP contribution in [0.5, 0.6) is 0 Å². The number of hydrogen-bond acceptors (Lipinski definition) is 3. The standard InChI is InChI=1S/C26H32FN3O/c1-5-20(31)15-30-10-8-18(9-11-30)19-6-7-24-22(13-19)25(16(2)3)26(29-24)21-12-17(4)28-14-23(21)27/h6-7,12-14,16,18,29H,5,8-11,15H2,1-4H3. The van der Waals surface area contributed by atoms with Gasteiger partial charge in [-0.05, 0) is 74.0 Å². The zero-order valence-corrected chi connectivity index (χ0v) is 19.0. The van der Waals surface area contributed by atoms with Crippen molar-refractivity contribution in [2.24, 2.45) is 0 Å². The Balaban J connectivity index is 1.66. The predicted octanol–water partition coefficient (Wildman–Crippen LogP) is 5.96. The van der Waals surface area contributed by atoms with E-state index in [4.69, 9.17) is 0 Å². The lowest BCUT2D eigenvalue weighted by Gasteiger charge is -2.31. The van der Waals surface area contributed by atoms with Crippen LogP contribution in [0.2, 0.25) is 0 Å². The largest absolute Gasteiger partial charge is 0.354 e. The van der Waals surface area contributed by atoms with Crippen LogP contribution in [0.15, 0.2) is 30.5 Å². The molecule has 1 saturated heterocycles. The van der Waals surface area contributed by atoms with Gasteiger partial charge in [0.1, 0.15) is 5.78 Å². The Morgan fingerprint density at radius 2 is 2.00 bits per heavy atom. The molecule has 0 atom stereocenters. The third-order valence-corrected chi connectivity index (χ3v) is 6.55. The van der Waals surface area contributed by atoms with E-state index < -0.39 is 0 Å². The number of likely N-dealkylation sites (tertiary alicyclic amines) is 1. The number of carbonyl (C=O) groups excluding carboxylic acids is 1. The van der Waals surface area contributed by atoms with E-state index in [1.807, 2.05) is 19.9 Å². The number of Topliss-reactive ketones (excluding diaryl/α,β-unsaturated/α-hetero) is 1. The number of aryl methyl sites for hydroxylation is 1. The van der Waals surface area contributed by atoms with Gasteiger partial charge in [0.25, 0.3) is 0 Å². The molecule has 0 spiro atoms. The normalized spacial score (nSPS) is 15.8. The van der Waals surface area contributed by atoms with Crippen LogP contribution in [0.1, 0.15) is 68.7 Å². The van der Waals surface area contributed by atoms with E-state index in [2.05, 4.69) is 46.9 Å². The molecular formula is C26H32FN3O. The molecule has 0 saturated carbocycles. The van der Waals surface area contributed by atoms with Crippen LogP contribution >= 0.6 is 0 Å². The summed E-state index contributed by atoms with van der Waals surface area (Å²) < 4.78 is 14.6. The Kier molecular flexibility index (Phi) is 6.24. The molecule has 5 heteroatoms. The summed E-state index contributed by atoms with van der Waals surface area (Å²) in [7, 11) is 0. The Morgan fingerprint density at radius 1 is 1.26 bits per heavy atom. The molecule has 3 heterocycles. The number of aromatic amines is 1. The van der Waals surface area contributed by atoms with Crippen LogP contribution in [-0.4, -0.2) is 40.3 Å². The fraction of sp³-hybridized carbons (Fsp3) is 0.462. The Labute approximate surface area is 183 Å². The minimum absolute atomic E-state index is 0.258. The number of aromatic nitrogens is 2. The number of halogens is 1. The predicted molar refractivity (Wildman–Crippen MR) is 124 cm³/mol. The average molecular weight is 422 g/mol. The molecule has 0 bridgehead atoms. The smallest absolute Gasteiger partial charge is 0.150 e.